The van der Waals surface area contributed by atoms with Gasteiger partial charge in [-0.05, 0) is 105 Å². The van der Waals surface area contributed by atoms with Crippen molar-refractivity contribution in [3.05, 3.63) is 42.1 Å². The van der Waals surface area contributed by atoms with Crippen LogP contribution in [0.25, 0.3) is 0 Å². The monoisotopic (exact) mass is 654 g/mol. The second-order valence-electron chi connectivity index (χ2n) is 14.9. The van der Waals surface area contributed by atoms with Gasteiger partial charge in [-0.15, -0.1) is 0 Å². The zero-order valence-corrected chi connectivity index (χ0v) is 28.9. The lowest BCUT2D eigenvalue weighted by molar-refractivity contribution is -0.0347. The highest BCUT2D eigenvalue weighted by atomic mass is 19.1. The van der Waals surface area contributed by atoms with Gasteiger partial charge in [0.25, 0.3) is 5.91 Å². The molecular formula is C35H51FN6O5. The molecule has 3 aliphatic rings. The Morgan fingerprint density at radius 1 is 1.11 bits per heavy atom. The van der Waals surface area contributed by atoms with Crippen molar-refractivity contribution in [2.75, 3.05) is 44.2 Å². The zero-order chi connectivity index (χ0) is 33.9. The lowest BCUT2D eigenvalue weighted by Crippen LogP contribution is -2.61. The number of hydrogen-bond acceptors (Lipinski definition) is 9. The molecule has 1 aromatic carbocycles. The Morgan fingerprint density at radius 2 is 1.81 bits per heavy atom. The van der Waals surface area contributed by atoms with E-state index in [0.29, 0.717) is 18.2 Å². The number of benzene rings is 1. The molecule has 5 rings (SSSR count). The highest BCUT2D eigenvalue weighted by Gasteiger charge is 2.46. The standard InChI is InChI=1S/C35H51FN6O5/c1-23(2)42(24(3)4)32(43)28-16-25(36)8-11-29(28)46-30-17-37-22-38-31(30)41-20-35(21-41)12-14-40(15-13-35)18-27-10-9-26(19-45-27)39-33(44)47-34(5,6)7/h8,11,16-17,22-24,26-27H,9-10,12-15,18-21H2,1-7H3,(H,39,44)/t26-,27+/m1/s1. The van der Waals surface area contributed by atoms with E-state index in [9.17, 15) is 14.0 Å². The highest BCUT2D eigenvalue weighted by Crippen LogP contribution is 2.45. The maximum Gasteiger partial charge on any atom is 0.407 e. The number of aromatic nitrogens is 2. The van der Waals surface area contributed by atoms with Gasteiger partial charge < -0.3 is 34.2 Å². The molecule has 12 heteroatoms. The van der Waals surface area contributed by atoms with Gasteiger partial charge in [0.15, 0.2) is 11.6 Å². The molecule has 258 valence electrons. The van der Waals surface area contributed by atoms with Crippen LogP contribution >= 0.6 is 0 Å². The molecule has 2 aromatic rings. The number of likely N-dealkylation sites (tertiary alicyclic amines) is 1. The fourth-order valence-electron chi connectivity index (χ4n) is 6.97. The lowest BCUT2D eigenvalue weighted by Gasteiger charge is -2.54. The summed E-state index contributed by atoms with van der Waals surface area (Å²) in [6.45, 7) is 18.5. The minimum atomic E-state index is -0.519. The number of ether oxygens (including phenoxy) is 3. The number of alkyl carbamates (subject to hydrolysis) is 1. The number of nitrogens with zero attached hydrogens (tertiary/aromatic N) is 5. The number of nitrogens with one attached hydrogen (secondary N) is 1. The van der Waals surface area contributed by atoms with Gasteiger partial charge in [-0.2, -0.15) is 0 Å². The molecule has 0 unspecified atom stereocenters. The van der Waals surface area contributed by atoms with Crippen molar-refractivity contribution in [3.63, 3.8) is 0 Å². The molecule has 2 amide bonds. The third-order valence-corrected chi connectivity index (χ3v) is 9.22. The molecule has 11 nitrogen and oxygen atoms in total. The molecule has 3 fully saturated rings. The minimum Gasteiger partial charge on any atom is -0.451 e. The van der Waals surface area contributed by atoms with E-state index in [0.717, 1.165) is 58.4 Å². The molecule has 0 radical (unpaired) electrons. The van der Waals surface area contributed by atoms with E-state index < -0.39 is 17.5 Å². The summed E-state index contributed by atoms with van der Waals surface area (Å²) in [6, 6.07) is 3.89. The quantitative estimate of drug-likeness (QED) is 0.367. The third kappa shape index (κ3) is 8.70. The predicted molar refractivity (Wildman–Crippen MR) is 177 cm³/mol. The number of piperidine rings is 1. The van der Waals surface area contributed by atoms with Crippen LogP contribution < -0.4 is 15.0 Å². The number of halogens is 1. The van der Waals surface area contributed by atoms with Crippen LogP contribution in [0.4, 0.5) is 15.0 Å². The summed E-state index contributed by atoms with van der Waals surface area (Å²) >= 11 is 0. The van der Waals surface area contributed by atoms with Crippen LogP contribution in [-0.4, -0.2) is 101 Å². The molecule has 0 aliphatic carbocycles. The summed E-state index contributed by atoms with van der Waals surface area (Å²) in [7, 11) is 0. The number of carbonyl (C=O) groups is 2. The van der Waals surface area contributed by atoms with Gasteiger partial charge in [0.1, 0.15) is 23.5 Å². The first-order valence-corrected chi connectivity index (χ1v) is 16.9. The summed E-state index contributed by atoms with van der Waals surface area (Å²) in [5.74, 6) is 0.608. The van der Waals surface area contributed by atoms with Gasteiger partial charge in [-0.1, -0.05) is 0 Å². The predicted octanol–water partition coefficient (Wildman–Crippen LogP) is 5.64. The van der Waals surface area contributed by atoms with Crippen LogP contribution in [0, 0.1) is 11.2 Å². The van der Waals surface area contributed by atoms with Gasteiger partial charge in [-0.25, -0.2) is 19.2 Å². The average Bonchev–Trinajstić information content (AvgIpc) is 2.97. The molecule has 0 saturated carbocycles. The van der Waals surface area contributed by atoms with Gasteiger partial charge in [0, 0.05) is 37.1 Å². The fraction of sp³-hybridized carbons (Fsp3) is 0.657. The Morgan fingerprint density at radius 3 is 2.43 bits per heavy atom. The Bertz CT molecular complexity index is 1380. The van der Waals surface area contributed by atoms with E-state index in [1.165, 1.54) is 24.5 Å². The number of anilines is 1. The topological polar surface area (TPSA) is 109 Å². The van der Waals surface area contributed by atoms with Crippen LogP contribution in [-0.2, 0) is 9.47 Å². The molecule has 1 spiro atoms. The first kappa shape index (κ1) is 34.8. The van der Waals surface area contributed by atoms with E-state index in [1.54, 1.807) is 11.1 Å². The summed E-state index contributed by atoms with van der Waals surface area (Å²) in [4.78, 5) is 40.8. The number of carbonyl (C=O) groups excluding carboxylic acids is 2. The summed E-state index contributed by atoms with van der Waals surface area (Å²) in [5, 5.41) is 2.93. The zero-order valence-electron chi connectivity index (χ0n) is 28.9. The first-order chi connectivity index (χ1) is 22.2. The summed E-state index contributed by atoms with van der Waals surface area (Å²) in [6.07, 6.45) is 6.82. The Hall–Kier alpha value is -3.51. The molecule has 4 heterocycles. The van der Waals surface area contributed by atoms with Crippen LogP contribution in [0.3, 0.4) is 0 Å². The third-order valence-electron chi connectivity index (χ3n) is 9.22. The normalized spacial score (nSPS) is 21.4. The maximum atomic E-state index is 14.4. The Kier molecular flexibility index (Phi) is 10.6. The van der Waals surface area contributed by atoms with Crippen molar-refractivity contribution in [1.82, 2.24) is 25.1 Å². The van der Waals surface area contributed by atoms with Gasteiger partial charge >= 0.3 is 6.09 Å². The molecule has 3 saturated heterocycles. The van der Waals surface area contributed by atoms with E-state index in [-0.39, 0.29) is 46.9 Å². The Balaban J connectivity index is 1.13. The second-order valence-corrected chi connectivity index (χ2v) is 14.9. The van der Waals surface area contributed by atoms with Crippen LogP contribution in [0.5, 0.6) is 11.5 Å². The highest BCUT2D eigenvalue weighted by molar-refractivity contribution is 5.97. The maximum absolute atomic E-state index is 14.4. The number of hydrogen-bond donors (Lipinski definition) is 1. The van der Waals surface area contributed by atoms with Gasteiger partial charge in [0.05, 0.1) is 30.5 Å². The molecule has 1 aromatic heterocycles. The van der Waals surface area contributed by atoms with Crippen LogP contribution in [0.1, 0.15) is 84.5 Å². The minimum absolute atomic E-state index is 0.0211. The van der Waals surface area contributed by atoms with Crippen molar-refractivity contribution < 1.29 is 28.2 Å². The largest absolute Gasteiger partial charge is 0.451 e. The SMILES string of the molecule is CC(C)N(C(=O)c1cc(F)ccc1Oc1cncnc1N1CC2(CCN(C[C@@H]3CC[C@@H](NC(=O)OC(C)(C)C)CO3)CC2)C1)C(C)C. The molecule has 3 aliphatic heterocycles. The van der Waals surface area contributed by atoms with Crippen molar-refractivity contribution in [2.45, 2.75) is 104 Å². The number of rotatable bonds is 9. The van der Waals surface area contributed by atoms with E-state index in [4.69, 9.17) is 14.2 Å². The first-order valence-electron chi connectivity index (χ1n) is 16.9. The van der Waals surface area contributed by atoms with E-state index in [2.05, 4.69) is 25.1 Å². The molecule has 47 heavy (non-hydrogen) atoms. The van der Waals surface area contributed by atoms with E-state index in [1.807, 2.05) is 48.5 Å². The van der Waals surface area contributed by atoms with Gasteiger partial charge in [0.2, 0.25) is 0 Å². The van der Waals surface area contributed by atoms with Crippen molar-refractivity contribution in [3.8, 4) is 11.5 Å². The molecular weight excluding hydrogens is 603 g/mol. The second kappa shape index (κ2) is 14.3. The van der Waals surface area contributed by atoms with E-state index >= 15 is 0 Å². The van der Waals surface area contributed by atoms with Crippen LogP contribution in [0.2, 0.25) is 0 Å². The smallest absolute Gasteiger partial charge is 0.407 e. The lowest BCUT2D eigenvalue weighted by atomic mass is 9.72. The summed E-state index contributed by atoms with van der Waals surface area (Å²) in [5.41, 5.74) is -0.137. The molecule has 0 bridgehead atoms. The van der Waals surface area contributed by atoms with Crippen molar-refractivity contribution >= 4 is 17.8 Å². The van der Waals surface area contributed by atoms with Crippen molar-refractivity contribution in [2.24, 2.45) is 5.41 Å². The molecule has 2 atom stereocenters. The van der Waals surface area contributed by atoms with Crippen LogP contribution in [0.15, 0.2) is 30.7 Å². The van der Waals surface area contributed by atoms with Gasteiger partial charge in [-0.3, -0.25) is 4.79 Å². The fourth-order valence-corrected chi connectivity index (χ4v) is 6.97. The number of amides is 2. The molecule has 1 N–H and O–H groups in total. The van der Waals surface area contributed by atoms with Crippen molar-refractivity contribution in [1.29, 1.82) is 0 Å². The Labute approximate surface area is 278 Å². The summed E-state index contributed by atoms with van der Waals surface area (Å²) < 4.78 is 32.1. The average molecular weight is 655 g/mol.